The lowest BCUT2D eigenvalue weighted by atomic mass is 10.1. The molecule has 8 heteroatoms. The van der Waals surface area contributed by atoms with Gasteiger partial charge in [0.05, 0.1) is 19.0 Å². The molecule has 0 unspecified atom stereocenters. The molecule has 2 aromatic carbocycles. The third-order valence-electron chi connectivity index (χ3n) is 3.99. The van der Waals surface area contributed by atoms with Crippen molar-refractivity contribution in [3.05, 3.63) is 71.0 Å². The number of aromatic amines is 2. The van der Waals surface area contributed by atoms with Gasteiger partial charge in [0.15, 0.2) is 0 Å². The first-order valence-electron chi connectivity index (χ1n) is 8.22. The summed E-state index contributed by atoms with van der Waals surface area (Å²) in [6.45, 7) is 0. The summed E-state index contributed by atoms with van der Waals surface area (Å²) in [5, 5.41) is 18.9. The summed E-state index contributed by atoms with van der Waals surface area (Å²) in [5.74, 6) is 1.27. The Morgan fingerprint density at radius 1 is 1.04 bits per heavy atom. The van der Waals surface area contributed by atoms with E-state index in [4.69, 9.17) is 17.0 Å². The maximum atomic E-state index is 5.35. The largest absolute Gasteiger partial charge is 0.496 e. The Kier molecular flexibility index (Phi) is 4.63. The van der Waals surface area contributed by atoms with Crippen molar-refractivity contribution in [3.8, 4) is 28.5 Å². The van der Waals surface area contributed by atoms with Crippen LogP contribution in [0.4, 0.5) is 0 Å². The minimum atomic E-state index is 0.381. The van der Waals surface area contributed by atoms with Gasteiger partial charge in [-0.05, 0) is 30.4 Å². The summed E-state index contributed by atoms with van der Waals surface area (Å²) in [6.07, 6.45) is 1.68. The molecule has 0 aliphatic carbocycles. The number of methoxy groups -OCH3 is 1. The lowest BCUT2D eigenvalue weighted by Crippen LogP contribution is -1.96. The topological polar surface area (TPSA) is 83.9 Å². The van der Waals surface area contributed by atoms with Crippen LogP contribution in [0.5, 0.6) is 5.75 Å². The smallest absolute Gasteiger partial charge is 0.216 e. The molecule has 0 aliphatic rings. The van der Waals surface area contributed by atoms with E-state index >= 15 is 0 Å². The Balaban J connectivity index is 1.70. The number of benzene rings is 2. The molecular weight excluding hydrogens is 360 g/mol. The van der Waals surface area contributed by atoms with Crippen molar-refractivity contribution in [2.75, 3.05) is 7.11 Å². The van der Waals surface area contributed by atoms with E-state index in [9.17, 15) is 0 Å². The van der Waals surface area contributed by atoms with E-state index in [1.807, 2.05) is 60.7 Å². The van der Waals surface area contributed by atoms with E-state index in [1.54, 1.807) is 18.0 Å². The summed E-state index contributed by atoms with van der Waals surface area (Å²) >= 11 is 5.32. The Hall–Kier alpha value is -3.52. The molecule has 27 heavy (non-hydrogen) atoms. The average molecular weight is 376 g/mol. The van der Waals surface area contributed by atoms with E-state index in [0.29, 0.717) is 16.3 Å². The molecule has 0 bridgehead atoms. The van der Waals surface area contributed by atoms with E-state index in [-0.39, 0.29) is 0 Å². The predicted molar refractivity (Wildman–Crippen MR) is 106 cm³/mol. The molecule has 0 saturated carbocycles. The Labute approximate surface area is 160 Å². The first kappa shape index (κ1) is 16.9. The highest BCUT2D eigenvalue weighted by molar-refractivity contribution is 7.71. The van der Waals surface area contributed by atoms with Crippen molar-refractivity contribution in [1.82, 2.24) is 25.1 Å². The SMILES string of the molecule is COc1ccccc1/C=N/n1c(-c2cc(-c3ccccc3)n[nH]2)n[nH]c1=S. The molecule has 0 spiro atoms. The number of hydrogen-bond acceptors (Lipinski definition) is 5. The molecule has 0 atom stereocenters. The van der Waals surface area contributed by atoms with Crippen molar-refractivity contribution >= 4 is 18.4 Å². The second kappa shape index (κ2) is 7.38. The van der Waals surface area contributed by atoms with Gasteiger partial charge < -0.3 is 4.74 Å². The molecule has 0 fully saturated rings. The molecule has 4 rings (SSSR count). The van der Waals surface area contributed by atoms with Crippen LogP contribution in [0.1, 0.15) is 5.56 Å². The van der Waals surface area contributed by atoms with Gasteiger partial charge in [0.2, 0.25) is 10.6 Å². The third kappa shape index (κ3) is 3.42. The number of aromatic nitrogens is 5. The highest BCUT2D eigenvalue weighted by Crippen LogP contribution is 2.23. The van der Waals surface area contributed by atoms with Crippen LogP contribution in [0.15, 0.2) is 65.8 Å². The van der Waals surface area contributed by atoms with Gasteiger partial charge in [-0.2, -0.15) is 20.0 Å². The Morgan fingerprint density at radius 2 is 1.81 bits per heavy atom. The fraction of sp³-hybridized carbons (Fsp3) is 0.0526. The van der Waals surface area contributed by atoms with E-state index in [0.717, 1.165) is 22.6 Å². The summed E-state index contributed by atoms with van der Waals surface area (Å²) in [5.41, 5.74) is 3.37. The van der Waals surface area contributed by atoms with Gasteiger partial charge in [0.25, 0.3) is 0 Å². The van der Waals surface area contributed by atoms with Crippen LogP contribution in [0.3, 0.4) is 0 Å². The van der Waals surface area contributed by atoms with Gasteiger partial charge in [-0.1, -0.05) is 42.5 Å². The van der Waals surface area contributed by atoms with Gasteiger partial charge in [-0.25, -0.2) is 5.10 Å². The second-order valence-corrected chi connectivity index (χ2v) is 6.07. The van der Waals surface area contributed by atoms with Crippen molar-refractivity contribution in [3.63, 3.8) is 0 Å². The van der Waals surface area contributed by atoms with Crippen LogP contribution < -0.4 is 4.74 Å². The number of rotatable bonds is 5. The lowest BCUT2D eigenvalue weighted by molar-refractivity contribution is 0.414. The minimum absolute atomic E-state index is 0.381. The van der Waals surface area contributed by atoms with Gasteiger partial charge in [-0.3, -0.25) is 5.10 Å². The van der Waals surface area contributed by atoms with Gasteiger partial charge in [0.1, 0.15) is 11.4 Å². The molecule has 2 N–H and O–H groups in total. The molecule has 0 radical (unpaired) electrons. The zero-order valence-electron chi connectivity index (χ0n) is 14.5. The normalized spacial score (nSPS) is 11.1. The number of H-pyrrole nitrogens is 2. The number of para-hydroxylation sites is 1. The van der Waals surface area contributed by atoms with Crippen molar-refractivity contribution in [2.24, 2.45) is 5.10 Å². The van der Waals surface area contributed by atoms with E-state index < -0.39 is 0 Å². The maximum absolute atomic E-state index is 5.35. The quantitative estimate of drug-likeness (QED) is 0.409. The summed E-state index contributed by atoms with van der Waals surface area (Å²) in [7, 11) is 1.62. The van der Waals surface area contributed by atoms with Crippen LogP contribution in [0.2, 0.25) is 0 Å². The zero-order chi connectivity index (χ0) is 18.6. The summed E-state index contributed by atoms with van der Waals surface area (Å²) < 4.78 is 7.27. The number of hydrogen-bond donors (Lipinski definition) is 2. The lowest BCUT2D eigenvalue weighted by Gasteiger charge is -2.03. The monoisotopic (exact) mass is 376 g/mol. The molecule has 2 heterocycles. The second-order valence-electron chi connectivity index (χ2n) is 5.68. The first-order valence-corrected chi connectivity index (χ1v) is 8.63. The molecule has 2 aromatic heterocycles. The Bertz CT molecular complexity index is 1140. The van der Waals surface area contributed by atoms with Gasteiger partial charge in [-0.15, -0.1) is 0 Å². The molecule has 4 aromatic rings. The van der Waals surface area contributed by atoms with Crippen LogP contribution in [-0.2, 0) is 0 Å². The fourth-order valence-electron chi connectivity index (χ4n) is 2.66. The maximum Gasteiger partial charge on any atom is 0.216 e. The number of nitrogens with one attached hydrogen (secondary N) is 2. The molecule has 7 nitrogen and oxygen atoms in total. The molecule has 134 valence electrons. The van der Waals surface area contributed by atoms with E-state index in [2.05, 4.69) is 25.5 Å². The number of ether oxygens (including phenoxy) is 1. The van der Waals surface area contributed by atoms with Crippen LogP contribution in [0, 0.1) is 4.77 Å². The summed E-state index contributed by atoms with van der Waals surface area (Å²) in [6, 6.07) is 19.4. The van der Waals surface area contributed by atoms with Crippen LogP contribution in [-0.4, -0.2) is 38.4 Å². The highest BCUT2D eigenvalue weighted by Gasteiger charge is 2.12. The third-order valence-corrected chi connectivity index (χ3v) is 4.25. The van der Waals surface area contributed by atoms with Crippen molar-refractivity contribution in [2.45, 2.75) is 0 Å². The minimum Gasteiger partial charge on any atom is -0.496 e. The molecular formula is C19H16N6OS. The average Bonchev–Trinajstić information content (AvgIpc) is 3.34. The number of nitrogens with zero attached hydrogens (tertiary/aromatic N) is 4. The van der Waals surface area contributed by atoms with Crippen LogP contribution >= 0.6 is 12.2 Å². The summed E-state index contributed by atoms with van der Waals surface area (Å²) in [4.78, 5) is 0. The Morgan fingerprint density at radius 3 is 2.63 bits per heavy atom. The first-order chi connectivity index (χ1) is 13.3. The van der Waals surface area contributed by atoms with E-state index in [1.165, 1.54) is 0 Å². The van der Waals surface area contributed by atoms with Crippen LogP contribution in [0.25, 0.3) is 22.8 Å². The molecule has 0 saturated heterocycles. The van der Waals surface area contributed by atoms with Crippen molar-refractivity contribution in [1.29, 1.82) is 0 Å². The van der Waals surface area contributed by atoms with Gasteiger partial charge >= 0.3 is 0 Å². The molecule has 0 aliphatic heterocycles. The zero-order valence-corrected chi connectivity index (χ0v) is 15.3. The predicted octanol–water partition coefficient (Wildman–Crippen LogP) is 3.89. The molecule has 0 amide bonds. The standard InChI is InChI=1S/C19H16N6OS/c1-26-17-10-6-5-9-14(17)12-20-25-18(23-24-19(25)27)16-11-15(21-22-16)13-7-3-2-4-8-13/h2-12H,1H3,(H,21,22)(H,24,27)/b20-12+. The fourth-order valence-corrected chi connectivity index (χ4v) is 2.84. The van der Waals surface area contributed by atoms with Crippen molar-refractivity contribution < 1.29 is 4.74 Å². The van der Waals surface area contributed by atoms with Gasteiger partial charge in [0, 0.05) is 11.1 Å². The highest BCUT2D eigenvalue weighted by atomic mass is 32.1.